The van der Waals surface area contributed by atoms with Crippen molar-refractivity contribution in [3.8, 4) is 17.6 Å². The van der Waals surface area contributed by atoms with Crippen LogP contribution in [0.1, 0.15) is 55.5 Å². The summed E-state index contributed by atoms with van der Waals surface area (Å²) in [5, 5.41) is 4.86. The van der Waals surface area contributed by atoms with Crippen LogP contribution in [0.3, 0.4) is 0 Å². The van der Waals surface area contributed by atoms with E-state index >= 15 is 0 Å². The Labute approximate surface area is 282 Å². The van der Waals surface area contributed by atoms with Crippen molar-refractivity contribution in [1.29, 1.82) is 0 Å². The highest BCUT2D eigenvalue weighted by Crippen LogP contribution is 2.30. The number of nitrogens with zero attached hydrogens (tertiary/aromatic N) is 3. The van der Waals surface area contributed by atoms with Gasteiger partial charge >= 0.3 is 0 Å². The molecule has 3 aromatic rings. The molecule has 0 spiro atoms. The molecule has 244 valence electrons. The van der Waals surface area contributed by atoms with Crippen molar-refractivity contribution in [2.45, 2.75) is 64.6 Å². The van der Waals surface area contributed by atoms with Gasteiger partial charge in [0.2, 0.25) is 0 Å². The van der Waals surface area contributed by atoms with Gasteiger partial charge in [0.25, 0.3) is 5.91 Å². The van der Waals surface area contributed by atoms with E-state index in [1.165, 1.54) is 30.5 Å². The minimum absolute atomic E-state index is 0.0862. The average Bonchev–Trinajstić information content (AvgIpc) is 3.45. The summed E-state index contributed by atoms with van der Waals surface area (Å²) in [6.45, 7) is 9.86. The third-order valence-electron chi connectivity index (χ3n) is 8.99. The van der Waals surface area contributed by atoms with Crippen molar-refractivity contribution < 1.29 is 13.9 Å². The number of para-hydroxylation sites is 1. The number of amides is 1. The number of fused-ring (bicyclic) bond motifs is 4. The number of benzene rings is 2. The number of ether oxygens (including phenoxy) is 1. The summed E-state index contributed by atoms with van der Waals surface area (Å²) in [6, 6.07) is 13.6. The molecule has 1 amide bonds. The number of halogens is 3. The number of hydrogen-bond acceptors (Lipinski definition) is 4. The number of nitrogens with one attached hydrogen (secondary N) is 1. The summed E-state index contributed by atoms with van der Waals surface area (Å²) in [7, 11) is 0. The number of piperidine rings is 2. The molecule has 2 aromatic carbocycles. The molecule has 46 heavy (non-hydrogen) atoms. The van der Waals surface area contributed by atoms with E-state index in [0.29, 0.717) is 53.0 Å². The lowest BCUT2D eigenvalue weighted by atomic mass is 9.90. The number of carbonyl (C=O) groups excluding carboxylic acids is 1. The molecule has 2 atom stereocenters. The fraction of sp³-hybridized carbons (Fsp3) is 0.432. The minimum Gasteiger partial charge on any atom is -0.492 e. The van der Waals surface area contributed by atoms with Gasteiger partial charge in [-0.15, -0.1) is 5.92 Å². The maximum atomic E-state index is 13.3. The molecule has 9 heteroatoms. The number of allylic oxidation sites excluding steroid dienone is 3. The summed E-state index contributed by atoms with van der Waals surface area (Å²) in [4.78, 5) is 18.5. The van der Waals surface area contributed by atoms with Crippen LogP contribution in [0, 0.1) is 17.7 Å². The van der Waals surface area contributed by atoms with Crippen LogP contribution in [0.2, 0.25) is 0 Å². The molecule has 2 bridgehead atoms. The highest BCUT2D eigenvalue weighted by atomic mass is 35.5. The molecule has 3 fully saturated rings. The SMILES string of the molecule is CC#C/C=C(Cl)\C(Cl)=C/CCNC(=O)c1cn(CCCN2CC3CCC2CN3CCOc2ccc(F)cc2)c2c(CC)cccc12. The molecule has 1 aromatic heterocycles. The maximum absolute atomic E-state index is 13.3. The second-order valence-electron chi connectivity index (χ2n) is 11.9. The van der Waals surface area contributed by atoms with Gasteiger partial charge < -0.3 is 14.6 Å². The molecule has 2 unspecified atom stereocenters. The van der Waals surface area contributed by atoms with Crippen LogP contribution in [-0.2, 0) is 13.0 Å². The van der Waals surface area contributed by atoms with Crippen LogP contribution >= 0.6 is 23.2 Å². The van der Waals surface area contributed by atoms with Gasteiger partial charge in [-0.05, 0) is 68.9 Å². The zero-order valence-corrected chi connectivity index (χ0v) is 28.2. The monoisotopic (exact) mass is 664 g/mol. The normalized spacial score (nSPS) is 18.9. The minimum atomic E-state index is -0.248. The molecule has 3 saturated heterocycles. The number of rotatable bonds is 14. The van der Waals surface area contributed by atoms with Gasteiger partial charge in [0.05, 0.1) is 21.1 Å². The van der Waals surface area contributed by atoms with E-state index < -0.39 is 0 Å². The second kappa shape index (κ2) is 16.5. The first kappa shape index (κ1) is 34.1. The first-order chi connectivity index (χ1) is 22.4. The maximum Gasteiger partial charge on any atom is 0.253 e. The van der Waals surface area contributed by atoms with Crippen LogP contribution in [0.25, 0.3) is 10.9 Å². The first-order valence-electron chi connectivity index (χ1n) is 16.3. The van der Waals surface area contributed by atoms with Crippen LogP contribution in [0.15, 0.2) is 70.9 Å². The number of hydrogen-bond donors (Lipinski definition) is 1. The summed E-state index contributed by atoms with van der Waals surface area (Å²) < 4.78 is 21.3. The molecule has 0 saturated carbocycles. The van der Waals surface area contributed by atoms with Gasteiger partial charge in [-0.2, -0.15) is 0 Å². The van der Waals surface area contributed by atoms with Crippen LogP contribution in [-0.4, -0.2) is 71.7 Å². The predicted octanol–water partition coefficient (Wildman–Crippen LogP) is 7.35. The lowest BCUT2D eigenvalue weighted by molar-refractivity contribution is -0.0259. The summed E-state index contributed by atoms with van der Waals surface area (Å²) in [5.41, 5.74) is 3.10. The molecule has 3 aliphatic rings. The molecule has 4 heterocycles. The molecular formula is C37H43Cl2FN4O2. The quantitative estimate of drug-likeness (QED) is 0.111. The molecule has 0 radical (unpaired) electrons. The largest absolute Gasteiger partial charge is 0.492 e. The highest BCUT2D eigenvalue weighted by molar-refractivity contribution is 6.44. The standard InChI is InChI=1S/C37H43Cl2FN4O2/c1-3-5-11-34(38)35(39)12-7-19-41-37(45)33-26-44(36-27(4-2)9-6-10-32(33)36)21-8-20-42-24-30-16-15-29(42)25-43(30)22-23-46-31-17-13-28(40)14-18-31/h6,9-14,17-18,26,29-30H,4,7-8,15-16,19-25H2,1-2H3,(H,41,45)/b34-11+,35-12+. The Balaban J connectivity index is 1.15. The zero-order chi connectivity index (χ0) is 32.5. The number of aromatic nitrogens is 1. The Morgan fingerprint density at radius 2 is 1.78 bits per heavy atom. The van der Waals surface area contributed by atoms with E-state index in [1.54, 1.807) is 31.2 Å². The fourth-order valence-electron chi connectivity index (χ4n) is 6.67. The van der Waals surface area contributed by atoms with Gasteiger partial charge in [0.1, 0.15) is 18.2 Å². The third-order valence-corrected chi connectivity index (χ3v) is 9.76. The lowest BCUT2D eigenvalue weighted by Gasteiger charge is -2.51. The Morgan fingerprint density at radius 1 is 1.04 bits per heavy atom. The number of aryl methyl sites for hydroxylation is 2. The molecule has 3 aliphatic heterocycles. The number of carbonyl (C=O) groups is 1. The van der Waals surface area contributed by atoms with Crippen LogP contribution < -0.4 is 10.1 Å². The Kier molecular flexibility index (Phi) is 12.2. The molecule has 1 N–H and O–H groups in total. The van der Waals surface area contributed by atoms with Crippen molar-refractivity contribution in [3.63, 3.8) is 0 Å². The van der Waals surface area contributed by atoms with E-state index in [2.05, 4.69) is 44.5 Å². The van der Waals surface area contributed by atoms with Gasteiger partial charge in [-0.3, -0.25) is 14.6 Å². The number of piperazine rings is 1. The molecule has 0 aliphatic carbocycles. The third kappa shape index (κ3) is 8.54. The molecular weight excluding hydrogens is 622 g/mol. The van der Waals surface area contributed by atoms with Gasteiger partial charge in [0, 0.05) is 69.0 Å². The van der Waals surface area contributed by atoms with Crippen LogP contribution in [0.5, 0.6) is 5.75 Å². The van der Waals surface area contributed by atoms with E-state index in [0.717, 1.165) is 56.5 Å². The van der Waals surface area contributed by atoms with Crippen molar-refractivity contribution >= 4 is 40.0 Å². The lowest BCUT2D eigenvalue weighted by Crippen LogP contribution is -2.63. The summed E-state index contributed by atoms with van der Waals surface area (Å²) in [5.74, 6) is 5.92. The van der Waals surface area contributed by atoms with E-state index in [9.17, 15) is 9.18 Å². The molecule has 6 nitrogen and oxygen atoms in total. The topological polar surface area (TPSA) is 49.7 Å². The van der Waals surface area contributed by atoms with E-state index in [1.807, 2.05) is 18.3 Å². The molecule has 6 rings (SSSR count). The first-order valence-corrected chi connectivity index (χ1v) is 17.0. The summed E-state index contributed by atoms with van der Waals surface area (Å²) in [6.07, 6.45) is 10.3. The van der Waals surface area contributed by atoms with Crippen LogP contribution in [0.4, 0.5) is 4.39 Å². The Morgan fingerprint density at radius 3 is 2.48 bits per heavy atom. The van der Waals surface area contributed by atoms with Gasteiger partial charge in [0.15, 0.2) is 0 Å². The second-order valence-corrected chi connectivity index (χ2v) is 12.7. The Hall–Kier alpha value is -3.28. The van der Waals surface area contributed by atoms with Crippen molar-refractivity contribution in [2.24, 2.45) is 0 Å². The Bertz CT molecular complexity index is 1620. The smallest absolute Gasteiger partial charge is 0.253 e. The van der Waals surface area contributed by atoms with Crippen molar-refractivity contribution in [3.05, 3.63) is 87.8 Å². The van der Waals surface area contributed by atoms with E-state index in [4.69, 9.17) is 27.9 Å². The fourth-order valence-corrected chi connectivity index (χ4v) is 6.96. The zero-order valence-electron chi connectivity index (χ0n) is 26.7. The highest BCUT2D eigenvalue weighted by Gasteiger charge is 2.38. The average molecular weight is 666 g/mol. The predicted molar refractivity (Wildman–Crippen MR) is 186 cm³/mol. The van der Waals surface area contributed by atoms with Gasteiger partial charge in [-0.1, -0.05) is 60.3 Å². The van der Waals surface area contributed by atoms with Gasteiger partial charge in [-0.25, -0.2) is 4.39 Å². The summed E-state index contributed by atoms with van der Waals surface area (Å²) >= 11 is 12.4. The van der Waals surface area contributed by atoms with Crippen molar-refractivity contribution in [1.82, 2.24) is 19.7 Å². The van der Waals surface area contributed by atoms with Crippen molar-refractivity contribution in [2.75, 3.05) is 39.3 Å². The van der Waals surface area contributed by atoms with E-state index in [-0.39, 0.29) is 11.7 Å².